The van der Waals surface area contributed by atoms with Gasteiger partial charge in [0.25, 0.3) is 17.7 Å². The van der Waals surface area contributed by atoms with Crippen molar-refractivity contribution in [2.24, 2.45) is 5.92 Å². The molecule has 1 saturated heterocycles. The number of hydrogen-bond acceptors (Lipinski definition) is 4. The van der Waals surface area contributed by atoms with E-state index in [2.05, 4.69) is 5.32 Å². The van der Waals surface area contributed by atoms with Crippen molar-refractivity contribution in [3.05, 3.63) is 70.8 Å². The van der Waals surface area contributed by atoms with Crippen molar-refractivity contribution in [1.29, 1.82) is 0 Å². The highest BCUT2D eigenvalue weighted by molar-refractivity contribution is 6.22. The molecule has 0 saturated carbocycles. The van der Waals surface area contributed by atoms with Gasteiger partial charge >= 0.3 is 0 Å². The number of carbonyl (C=O) groups excluding carboxylic acids is 3. The van der Waals surface area contributed by atoms with Crippen LogP contribution in [0.5, 0.6) is 0 Å². The lowest BCUT2D eigenvalue weighted by Crippen LogP contribution is -2.31. The van der Waals surface area contributed by atoms with Gasteiger partial charge in [0.15, 0.2) is 0 Å². The zero-order valence-corrected chi connectivity index (χ0v) is 15.5. The van der Waals surface area contributed by atoms with Gasteiger partial charge in [-0.3, -0.25) is 19.3 Å². The van der Waals surface area contributed by atoms with E-state index in [1.807, 2.05) is 30.3 Å². The maximum Gasteiger partial charge on any atom is 0.261 e. The third kappa shape index (κ3) is 3.68. The average Bonchev–Trinajstić information content (AvgIpc) is 3.33. The van der Waals surface area contributed by atoms with Crippen molar-refractivity contribution < 1.29 is 19.1 Å². The fourth-order valence-corrected chi connectivity index (χ4v) is 3.60. The summed E-state index contributed by atoms with van der Waals surface area (Å²) < 4.78 is 5.31. The summed E-state index contributed by atoms with van der Waals surface area (Å²) in [6.07, 6.45) is 1.54. The first-order valence-electron chi connectivity index (χ1n) is 9.53. The predicted molar refractivity (Wildman–Crippen MR) is 103 cm³/mol. The monoisotopic (exact) mass is 378 g/mol. The minimum Gasteiger partial charge on any atom is -0.381 e. The van der Waals surface area contributed by atoms with Crippen LogP contribution in [-0.4, -0.2) is 48.9 Å². The topological polar surface area (TPSA) is 75.7 Å². The first-order valence-corrected chi connectivity index (χ1v) is 9.53. The van der Waals surface area contributed by atoms with Gasteiger partial charge in [0, 0.05) is 31.2 Å². The smallest absolute Gasteiger partial charge is 0.261 e. The molecule has 0 aromatic heterocycles. The van der Waals surface area contributed by atoms with Gasteiger partial charge < -0.3 is 10.1 Å². The van der Waals surface area contributed by atoms with E-state index >= 15 is 0 Å². The number of rotatable bonds is 6. The van der Waals surface area contributed by atoms with Crippen LogP contribution in [0.4, 0.5) is 0 Å². The van der Waals surface area contributed by atoms with Crippen molar-refractivity contribution in [3.63, 3.8) is 0 Å². The SMILES string of the molecule is O=C(NCC1CCOC1)c1ccc2c(c1)C(=O)N(CCc1ccccc1)C2=O. The van der Waals surface area contributed by atoms with E-state index in [9.17, 15) is 14.4 Å². The van der Waals surface area contributed by atoms with Gasteiger partial charge in [-0.15, -0.1) is 0 Å². The van der Waals surface area contributed by atoms with E-state index in [4.69, 9.17) is 4.74 Å². The zero-order valence-electron chi connectivity index (χ0n) is 15.5. The van der Waals surface area contributed by atoms with Crippen LogP contribution in [0, 0.1) is 5.92 Å². The summed E-state index contributed by atoms with van der Waals surface area (Å²) in [7, 11) is 0. The molecule has 0 spiro atoms. The second-order valence-corrected chi connectivity index (χ2v) is 7.20. The lowest BCUT2D eigenvalue weighted by molar-refractivity contribution is 0.0656. The Hall–Kier alpha value is -2.99. The van der Waals surface area contributed by atoms with Gasteiger partial charge in [-0.05, 0) is 36.6 Å². The Morgan fingerprint density at radius 3 is 2.61 bits per heavy atom. The molecule has 1 atom stereocenters. The van der Waals surface area contributed by atoms with Crippen LogP contribution in [0.15, 0.2) is 48.5 Å². The summed E-state index contributed by atoms with van der Waals surface area (Å²) in [6.45, 7) is 2.26. The number of imide groups is 1. The Morgan fingerprint density at radius 1 is 1.07 bits per heavy atom. The van der Waals surface area contributed by atoms with Gasteiger partial charge in [-0.1, -0.05) is 30.3 Å². The third-order valence-corrected chi connectivity index (χ3v) is 5.28. The fourth-order valence-electron chi connectivity index (χ4n) is 3.60. The summed E-state index contributed by atoms with van der Waals surface area (Å²) in [5.74, 6) is -0.548. The number of ether oxygens (including phenoxy) is 1. The number of nitrogens with zero attached hydrogens (tertiary/aromatic N) is 1. The molecule has 6 nitrogen and oxygen atoms in total. The average molecular weight is 378 g/mol. The normalized spacial score (nSPS) is 18.4. The van der Waals surface area contributed by atoms with E-state index in [1.165, 1.54) is 11.0 Å². The highest BCUT2D eigenvalue weighted by Crippen LogP contribution is 2.24. The van der Waals surface area contributed by atoms with Crippen molar-refractivity contribution >= 4 is 17.7 Å². The third-order valence-electron chi connectivity index (χ3n) is 5.28. The Balaban J connectivity index is 1.43. The molecule has 3 amide bonds. The van der Waals surface area contributed by atoms with Crippen molar-refractivity contribution in [2.75, 3.05) is 26.3 Å². The summed E-state index contributed by atoms with van der Waals surface area (Å²) in [6, 6.07) is 14.4. The first kappa shape index (κ1) is 18.4. The van der Waals surface area contributed by atoms with Crippen LogP contribution in [0.2, 0.25) is 0 Å². The molecule has 0 aliphatic carbocycles. The van der Waals surface area contributed by atoms with Crippen molar-refractivity contribution in [1.82, 2.24) is 10.2 Å². The van der Waals surface area contributed by atoms with Crippen LogP contribution >= 0.6 is 0 Å². The minimum atomic E-state index is -0.338. The Morgan fingerprint density at radius 2 is 1.86 bits per heavy atom. The Labute approximate surface area is 163 Å². The molecular formula is C22H22N2O4. The number of carbonyl (C=O) groups is 3. The van der Waals surface area contributed by atoms with Crippen LogP contribution in [0.3, 0.4) is 0 Å². The van der Waals surface area contributed by atoms with Gasteiger partial charge in [0.1, 0.15) is 0 Å². The molecule has 2 aliphatic rings. The second-order valence-electron chi connectivity index (χ2n) is 7.20. The molecular weight excluding hydrogens is 356 g/mol. The van der Waals surface area contributed by atoms with Crippen LogP contribution in [-0.2, 0) is 11.2 Å². The van der Waals surface area contributed by atoms with E-state index in [1.54, 1.807) is 12.1 Å². The number of fused-ring (bicyclic) bond motifs is 1. The highest BCUT2D eigenvalue weighted by atomic mass is 16.5. The van der Waals surface area contributed by atoms with Gasteiger partial charge in [-0.2, -0.15) is 0 Å². The second kappa shape index (κ2) is 7.94. The predicted octanol–water partition coefficient (Wildman–Crippen LogP) is 2.29. The van der Waals surface area contributed by atoms with E-state index in [0.717, 1.165) is 18.6 Å². The molecule has 2 aromatic carbocycles. The van der Waals surface area contributed by atoms with E-state index in [0.29, 0.717) is 48.7 Å². The molecule has 0 radical (unpaired) electrons. The molecule has 0 bridgehead atoms. The van der Waals surface area contributed by atoms with Gasteiger partial charge in [0.05, 0.1) is 17.7 Å². The summed E-state index contributed by atoms with van der Waals surface area (Å²) >= 11 is 0. The van der Waals surface area contributed by atoms with Gasteiger partial charge in [0.2, 0.25) is 0 Å². The summed E-state index contributed by atoms with van der Waals surface area (Å²) in [4.78, 5) is 39.0. The molecule has 2 aliphatic heterocycles. The Bertz CT molecular complexity index is 904. The standard InChI is InChI=1S/C22H22N2O4/c25-20(23-13-16-9-11-28-14-16)17-6-7-18-19(12-17)22(27)24(21(18)26)10-8-15-4-2-1-3-5-15/h1-7,12,16H,8-11,13-14H2,(H,23,25). The van der Waals surface area contributed by atoms with Crippen LogP contribution < -0.4 is 5.32 Å². The molecule has 2 aromatic rings. The molecule has 4 rings (SSSR count). The minimum absolute atomic E-state index is 0.238. The fraction of sp³-hybridized carbons (Fsp3) is 0.318. The Kier molecular flexibility index (Phi) is 5.21. The maximum absolute atomic E-state index is 12.7. The lowest BCUT2D eigenvalue weighted by Gasteiger charge is -2.13. The molecule has 1 fully saturated rings. The maximum atomic E-state index is 12.7. The van der Waals surface area contributed by atoms with Gasteiger partial charge in [-0.25, -0.2) is 0 Å². The quantitative estimate of drug-likeness (QED) is 0.783. The summed E-state index contributed by atoms with van der Waals surface area (Å²) in [5.41, 5.74) is 2.12. The van der Waals surface area contributed by atoms with E-state index < -0.39 is 0 Å². The van der Waals surface area contributed by atoms with Crippen LogP contribution in [0.25, 0.3) is 0 Å². The number of hydrogen-bond donors (Lipinski definition) is 1. The largest absolute Gasteiger partial charge is 0.381 e. The number of amides is 3. The van der Waals surface area contributed by atoms with Crippen molar-refractivity contribution in [3.8, 4) is 0 Å². The zero-order chi connectivity index (χ0) is 19.5. The lowest BCUT2D eigenvalue weighted by atomic mass is 10.0. The molecule has 144 valence electrons. The molecule has 1 unspecified atom stereocenters. The first-order chi connectivity index (χ1) is 13.6. The molecule has 28 heavy (non-hydrogen) atoms. The number of nitrogens with one attached hydrogen (secondary N) is 1. The number of benzene rings is 2. The molecule has 1 N–H and O–H groups in total. The van der Waals surface area contributed by atoms with Crippen LogP contribution in [0.1, 0.15) is 43.1 Å². The molecule has 6 heteroatoms. The van der Waals surface area contributed by atoms with E-state index in [-0.39, 0.29) is 17.7 Å². The van der Waals surface area contributed by atoms with Crippen molar-refractivity contribution in [2.45, 2.75) is 12.8 Å². The summed E-state index contributed by atoms with van der Waals surface area (Å²) in [5, 5.41) is 2.89. The highest BCUT2D eigenvalue weighted by Gasteiger charge is 2.35. The molecule has 2 heterocycles.